The second-order valence-electron chi connectivity index (χ2n) is 2.46. The van der Waals surface area contributed by atoms with E-state index in [1.165, 1.54) is 12.4 Å². The first-order chi connectivity index (χ1) is 7.24. The number of anilines is 1. The number of nitrogens with two attached hydrogens (primary N) is 1. The Balaban J connectivity index is 2.44. The normalized spacial score (nSPS) is 9.00. The zero-order chi connectivity index (χ0) is 11.1. The summed E-state index contributed by atoms with van der Waals surface area (Å²) in [6, 6.07) is 1.88. The molecule has 1 heterocycles. The fourth-order valence-corrected chi connectivity index (χ4v) is 0.870. The molecular weight excluding hydrogens is 198 g/mol. The fourth-order valence-electron chi connectivity index (χ4n) is 0.870. The minimum absolute atomic E-state index is 0.108. The number of rotatable bonds is 4. The molecule has 0 unspecified atom stereocenters. The van der Waals surface area contributed by atoms with Gasteiger partial charge in [0.15, 0.2) is 11.5 Å². The number of nitriles is 1. The van der Waals surface area contributed by atoms with Crippen molar-refractivity contribution in [2.75, 3.05) is 18.5 Å². The van der Waals surface area contributed by atoms with Crippen LogP contribution in [0.3, 0.4) is 0 Å². The average Bonchev–Trinajstić information content (AvgIpc) is 2.24. The molecule has 0 radical (unpaired) electrons. The lowest BCUT2D eigenvalue weighted by atomic mass is 10.4. The van der Waals surface area contributed by atoms with Crippen LogP contribution in [-0.2, 0) is 4.74 Å². The standard InChI is InChI=1S/C8H9N5O2/c9-5-6-7(12-2-1-11-6)13-3-4-15-8(10)14/h1-2H,3-4H2,(H2,10,14)(H,12,13). The van der Waals surface area contributed by atoms with Crippen molar-refractivity contribution in [1.29, 1.82) is 5.26 Å². The van der Waals surface area contributed by atoms with E-state index in [0.29, 0.717) is 12.4 Å². The Labute approximate surface area is 85.9 Å². The lowest BCUT2D eigenvalue weighted by Crippen LogP contribution is -2.19. The first kappa shape index (κ1) is 10.7. The third-order valence-electron chi connectivity index (χ3n) is 1.44. The van der Waals surface area contributed by atoms with Crippen LogP contribution in [0, 0.1) is 11.3 Å². The Morgan fingerprint density at radius 3 is 3.00 bits per heavy atom. The minimum Gasteiger partial charge on any atom is -0.448 e. The summed E-state index contributed by atoms with van der Waals surface area (Å²) in [7, 11) is 0. The molecule has 7 heteroatoms. The molecule has 0 aliphatic heterocycles. The number of hydrogen-bond acceptors (Lipinski definition) is 6. The van der Waals surface area contributed by atoms with Gasteiger partial charge in [0.25, 0.3) is 0 Å². The molecule has 0 atom stereocenters. The number of ether oxygens (including phenoxy) is 1. The largest absolute Gasteiger partial charge is 0.448 e. The van der Waals surface area contributed by atoms with E-state index in [1.54, 1.807) is 0 Å². The molecule has 3 N–H and O–H groups in total. The van der Waals surface area contributed by atoms with Crippen LogP contribution in [0.15, 0.2) is 12.4 Å². The highest BCUT2D eigenvalue weighted by Gasteiger charge is 2.02. The van der Waals surface area contributed by atoms with Gasteiger partial charge in [-0.1, -0.05) is 0 Å². The molecule has 0 saturated carbocycles. The highest BCUT2D eigenvalue weighted by Crippen LogP contribution is 2.04. The highest BCUT2D eigenvalue weighted by atomic mass is 16.5. The second-order valence-corrected chi connectivity index (χ2v) is 2.46. The number of amides is 1. The van der Waals surface area contributed by atoms with E-state index in [2.05, 4.69) is 20.0 Å². The van der Waals surface area contributed by atoms with Crippen molar-refractivity contribution in [3.05, 3.63) is 18.1 Å². The number of primary amides is 1. The van der Waals surface area contributed by atoms with E-state index in [9.17, 15) is 4.79 Å². The van der Waals surface area contributed by atoms with Crippen molar-refractivity contribution in [2.24, 2.45) is 5.73 Å². The predicted molar refractivity (Wildman–Crippen MR) is 50.8 cm³/mol. The lowest BCUT2D eigenvalue weighted by Gasteiger charge is -2.05. The molecule has 15 heavy (non-hydrogen) atoms. The maximum absolute atomic E-state index is 10.2. The summed E-state index contributed by atoms with van der Waals surface area (Å²) in [6.07, 6.45) is 2.04. The molecule has 0 aliphatic carbocycles. The number of aromatic nitrogens is 2. The Bertz CT molecular complexity index is 387. The zero-order valence-electron chi connectivity index (χ0n) is 7.80. The van der Waals surface area contributed by atoms with E-state index in [-0.39, 0.29) is 12.3 Å². The van der Waals surface area contributed by atoms with Crippen LogP contribution in [0.25, 0.3) is 0 Å². The zero-order valence-corrected chi connectivity index (χ0v) is 7.80. The van der Waals surface area contributed by atoms with Gasteiger partial charge in [-0.25, -0.2) is 14.8 Å². The van der Waals surface area contributed by atoms with Gasteiger partial charge in [-0.3, -0.25) is 0 Å². The molecule has 0 aromatic carbocycles. The molecule has 1 aromatic rings. The summed E-state index contributed by atoms with van der Waals surface area (Å²) in [6.45, 7) is 0.424. The van der Waals surface area contributed by atoms with Gasteiger partial charge in [0.05, 0.1) is 6.54 Å². The lowest BCUT2D eigenvalue weighted by molar-refractivity contribution is 0.161. The molecule has 1 amide bonds. The van der Waals surface area contributed by atoms with Gasteiger partial charge < -0.3 is 15.8 Å². The topological polar surface area (TPSA) is 114 Å². The van der Waals surface area contributed by atoms with E-state index in [1.807, 2.05) is 6.07 Å². The Morgan fingerprint density at radius 2 is 2.33 bits per heavy atom. The third kappa shape index (κ3) is 3.48. The summed E-state index contributed by atoms with van der Waals surface area (Å²) in [5.41, 5.74) is 4.95. The van der Waals surface area contributed by atoms with Crippen molar-refractivity contribution in [1.82, 2.24) is 9.97 Å². The first-order valence-electron chi connectivity index (χ1n) is 4.11. The van der Waals surface area contributed by atoms with Gasteiger partial charge in [0.1, 0.15) is 12.7 Å². The number of nitrogens with zero attached hydrogens (tertiary/aromatic N) is 3. The molecule has 0 spiro atoms. The van der Waals surface area contributed by atoms with Crippen molar-refractivity contribution in [3.8, 4) is 6.07 Å². The van der Waals surface area contributed by atoms with Gasteiger partial charge in [0.2, 0.25) is 0 Å². The van der Waals surface area contributed by atoms with E-state index >= 15 is 0 Å². The smallest absolute Gasteiger partial charge is 0.404 e. The summed E-state index contributed by atoms with van der Waals surface area (Å²) in [5, 5.41) is 11.5. The van der Waals surface area contributed by atoms with E-state index in [0.717, 1.165) is 0 Å². The van der Waals surface area contributed by atoms with Crippen LogP contribution >= 0.6 is 0 Å². The average molecular weight is 207 g/mol. The fraction of sp³-hybridized carbons (Fsp3) is 0.250. The SMILES string of the molecule is N#Cc1nccnc1NCCOC(N)=O. The highest BCUT2D eigenvalue weighted by molar-refractivity contribution is 5.64. The molecule has 1 rings (SSSR count). The van der Waals surface area contributed by atoms with Gasteiger partial charge in [-0.2, -0.15) is 5.26 Å². The first-order valence-corrected chi connectivity index (χ1v) is 4.11. The summed E-state index contributed by atoms with van der Waals surface area (Å²) in [4.78, 5) is 17.9. The third-order valence-corrected chi connectivity index (χ3v) is 1.44. The second kappa shape index (κ2) is 5.39. The Hall–Kier alpha value is -2.36. The summed E-state index contributed by atoms with van der Waals surface area (Å²) in [5.74, 6) is 0.355. The number of nitrogens with one attached hydrogen (secondary N) is 1. The van der Waals surface area contributed by atoms with Crippen LogP contribution in [0.2, 0.25) is 0 Å². The van der Waals surface area contributed by atoms with Crippen LogP contribution in [0.4, 0.5) is 10.6 Å². The molecular formula is C8H9N5O2. The molecule has 0 saturated heterocycles. The van der Waals surface area contributed by atoms with Crippen LogP contribution in [-0.4, -0.2) is 29.2 Å². The number of carbonyl (C=O) groups excluding carboxylic acids is 1. The summed E-state index contributed by atoms with van der Waals surface area (Å²) < 4.78 is 4.48. The number of hydrogen-bond donors (Lipinski definition) is 2. The van der Waals surface area contributed by atoms with E-state index in [4.69, 9.17) is 11.0 Å². The Morgan fingerprint density at radius 1 is 1.60 bits per heavy atom. The van der Waals surface area contributed by atoms with Crippen LogP contribution in [0.1, 0.15) is 5.69 Å². The van der Waals surface area contributed by atoms with Crippen molar-refractivity contribution in [3.63, 3.8) is 0 Å². The number of carbonyl (C=O) groups is 1. The van der Waals surface area contributed by atoms with Crippen molar-refractivity contribution >= 4 is 11.9 Å². The monoisotopic (exact) mass is 207 g/mol. The maximum atomic E-state index is 10.2. The quantitative estimate of drug-likeness (QED) is 0.664. The molecule has 0 fully saturated rings. The summed E-state index contributed by atoms with van der Waals surface area (Å²) >= 11 is 0. The molecule has 0 bridgehead atoms. The molecule has 0 aliphatic rings. The van der Waals surface area contributed by atoms with Crippen LogP contribution < -0.4 is 11.1 Å². The van der Waals surface area contributed by atoms with Gasteiger partial charge in [0, 0.05) is 12.4 Å². The minimum atomic E-state index is -0.837. The van der Waals surface area contributed by atoms with Crippen molar-refractivity contribution in [2.45, 2.75) is 0 Å². The van der Waals surface area contributed by atoms with E-state index < -0.39 is 6.09 Å². The van der Waals surface area contributed by atoms with Gasteiger partial charge in [-0.15, -0.1) is 0 Å². The molecule has 7 nitrogen and oxygen atoms in total. The van der Waals surface area contributed by atoms with Crippen LogP contribution in [0.5, 0.6) is 0 Å². The van der Waals surface area contributed by atoms with Gasteiger partial charge in [-0.05, 0) is 0 Å². The maximum Gasteiger partial charge on any atom is 0.404 e. The predicted octanol–water partition coefficient (Wildman–Crippen LogP) is -0.145. The molecule has 1 aromatic heterocycles. The molecule has 78 valence electrons. The van der Waals surface area contributed by atoms with Crippen molar-refractivity contribution < 1.29 is 9.53 Å². The Kier molecular flexibility index (Phi) is 3.85. The van der Waals surface area contributed by atoms with Gasteiger partial charge >= 0.3 is 6.09 Å².